The average molecular weight is 976 g/mol. The molecule has 14 heteroatoms. The van der Waals surface area contributed by atoms with Gasteiger partial charge in [0, 0.05) is 102 Å². The van der Waals surface area contributed by atoms with Gasteiger partial charge in [-0.05, 0) is 62.5 Å². The molecule has 0 radical (unpaired) electrons. The summed E-state index contributed by atoms with van der Waals surface area (Å²) < 4.78 is 0. The molecule has 3 aromatic rings. The number of likely N-dealkylation sites (tertiary alicyclic amines) is 1. The van der Waals surface area contributed by atoms with Gasteiger partial charge < -0.3 is 44.0 Å². The summed E-state index contributed by atoms with van der Waals surface area (Å²) in [6.45, 7) is 14.3. The number of nitrogens with one attached hydrogen (secondary N) is 2. The van der Waals surface area contributed by atoms with Gasteiger partial charge in [-0.1, -0.05) is 23.2 Å². The Morgan fingerprint density at radius 2 is 1.63 bits per heavy atom. The van der Waals surface area contributed by atoms with E-state index in [1.807, 2.05) is 25.2 Å². The Bertz CT molecular complexity index is 1700. The number of rotatable bonds is 13. The first-order valence-electron chi connectivity index (χ1n) is 18.5. The van der Waals surface area contributed by atoms with E-state index in [0.29, 0.717) is 29.2 Å². The van der Waals surface area contributed by atoms with Gasteiger partial charge in [0.05, 0.1) is 11.6 Å². The molecule has 2 heterocycles. The molecule has 2 aliphatic heterocycles. The SMILES string of the molecule is CN1CC(N2CCN(c3ccc(C=O)cc3)CC2)C1.CNC(=O)C(CCC=O)N(C)C(=O)c1ccccc1C=O.N#Cc1cc[c-]cc1Cl.[CH2-]CC(C[CH2-])NC.[Os]. The molecule has 0 spiro atoms. The van der Waals surface area contributed by atoms with Crippen LogP contribution < -0.4 is 15.5 Å². The minimum atomic E-state index is -0.757. The number of amides is 2. The normalized spacial score (nSPS) is 14.2. The van der Waals surface area contributed by atoms with Crippen LogP contribution in [0, 0.1) is 31.2 Å². The van der Waals surface area contributed by atoms with E-state index in [9.17, 15) is 24.0 Å². The molecule has 2 saturated heterocycles. The fourth-order valence-electron chi connectivity index (χ4n) is 5.96. The minimum absolute atomic E-state index is 0. The summed E-state index contributed by atoms with van der Waals surface area (Å²) in [7, 11) is 7.06. The van der Waals surface area contributed by atoms with Gasteiger partial charge in [0.2, 0.25) is 5.91 Å². The number of halogens is 1. The molecule has 5 rings (SSSR count). The van der Waals surface area contributed by atoms with Crippen molar-refractivity contribution in [2.24, 2.45) is 0 Å². The molecule has 0 saturated carbocycles. The second-order valence-corrected chi connectivity index (χ2v) is 13.6. The molecule has 2 fully saturated rings. The molecule has 1 unspecified atom stereocenters. The fourth-order valence-corrected chi connectivity index (χ4v) is 6.13. The summed E-state index contributed by atoms with van der Waals surface area (Å²) in [5.41, 5.74) is 2.97. The Balaban J connectivity index is 0.000000411. The third kappa shape index (κ3) is 16.6. The van der Waals surface area contributed by atoms with E-state index in [0.717, 1.165) is 56.9 Å². The van der Waals surface area contributed by atoms with Crippen LogP contribution in [0.3, 0.4) is 0 Å². The summed E-state index contributed by atoms with van der Waals surface area (Å²) in [5.74, 6) is -0.784. The molecule has 0 aliphatic carbocycles. The van der Waals surface area contributed by atoms with Gasteiger partial charge in [0.1, 0.15) is 18.6 Å². The maximum Gasteiger partial charge on any atom is 0.255 e. The summed E-state index contributed by atoms with van der Waals surface area (Å²) in [4.78, 5) is 65.1. The third-order valence-corrected chi connectivity index (χ3v) is 9.83. The van der Waals surface area contributed by atoms with E-state index in [1.54, 1.807) is 30.3 Å². The number of likely N-dealkylation sites (N-methyl/N-ethyl adjacent to an activating group) is 3. The molecule has 2 amide bonds. The van der Waals surface area contributed by atoms with Crippen LogP contribution >= 0.6 is 11.6 Å². The van der Waals surface area contributed by atoms with Crippen molar-refractivity contribution in [1.29, 1.82) is 5.26 Å². The van der Waals surface area contributed by atoms with Crippen LogP contribution in [0.25, 0.3) is 0 Å². The van der Waals surface area contributed by atoms with E-state index in [2.05, 4.69) is 64.4 Å². The zero-order chi connectivity index (χ0) is 41.5. The second-order valence-electron chi connectivity index (χ2n) is 13.2. The summed E-state index contributed by atoms with van der Waals surface area (Å²) in [5, 5.41) is 14.4. The maximum atomic E-state index is 12.4. The van der Waals surface area contributed by atoms with E-state index < -0.39 is 11.9 Å². The minimum Gasteiger partial charge on any atom is -0.369 e. The number of aldehydes is 3. The van der Waals surface area contributed by atoms with Gasteiger partial charge in [-0.2, -0.15) is 54.0 Å². The number of carbonyl (C=O) groups is 5. The first-order valence-corrected chi connectivity index (χ1v) is 18.9. The van der Waals surface area contributed by atoms with Crippen LogP contribution in [-0.2, 0) is 29.4 Å². The number of hydrogen-bond donors (Lipinski definition) is 2. The molecule has 12 nitrogen and oxygen atoms in total. The standard InChI is InChI=1S/C15H21N3O.C15H18N2O4.C7H3ClN.C6H13N.Os/c1-16-10-15(11-16)18-8-6-17(7-9-18)14-4-2-13(12-19)3-5-14;1-16-14(20)13(8-5-9-18)17(2)15(21)12-7-4-3-6-11(12)10-19;8-7-4-2-1-3-6(7)5-9;1-4-6(5-2)7-3;/h2-5,12,15H,6-11H2,1H3;3-4,6-7,9-10,13H,5,8H2,1-2H3,(H,16,20);1,3-4H;6-7H,1-2,4-5H2,3H3;/q;;-1;-2;. The maximum absolute atomic E-state index is 12.4. The summed E-state index contributed by atoms with van der Waals surface area (Å²) >= 11 is 5.57. The van der Waals surface area contributed by atoms with Crippen molar-refractivity contribution in [1.82, 2.24) is 25.3 Å². The molecule has 1 atom stereocenters. The van der Waals surface area contributed by atoms with E-state index >= 15 is 0 Å². The molecule has 0 bridgehead atoms. The monoisotopic (exact) mass is 976 g/mol. The number of nitriles is 1. The van der Waals surface area contributed by atoms with Crippen LogP contribution in [0.15, 0.2) is 66.7 Å². The van der Waals surface area contributed by atoms with Gasteiger partial charge >= 0.3 is 0 Å². The van der Waals surface area contributed by atoms with Crippen LogP contribution in [0.2, 0.25) is 5.02 Å². The molecule has 2 aliphatic rings. The molecule has 310 valence electrons. The molecule has 57 heavy (non-hydrogen) atoms. The second kappa shape index (κ2) is 28.2. The van der Waals surface area contributed by atoms with Crippen molar-refractivity contribution in [3.05, 3.63) is 114 Å². The summed E-state index contributed by atoms with van der Waals surface area (Å²) in [6, 6.07) is 24.3. The van der Waals surface area contributed by atoms with Gasteiger partial charge in [-0.25, -0.2) is 0 Å². The zero-order valence-corrected chi connectivity index (χ0v) is 36.6. The Hall–Kier alpha value is -4.29. The van der Waals surface area contributed by atoms with Crippen LogP contribution in [-0.4, -0.2) is 131 Å². The molecule has 0 aromatic heterocycles. The number of benzene rings is 3. The largest absolute Gasteiger partial charge is 0.369 e. The Kier molecular flexibility index (Phi) is 25.1. The van der Waals surface area contributed by atoms with Gasteiger partial charge in [0.25, 0.3) is 5.91 Å². The topological polar surface area (TPSA) is 146 Å². The van der Waals surface area contributed by atoms with Crippen molar-refractivity contribution in [2.45, 2.75) is 43.8 Å². The van der Waals surface area contributed by atoms with E-state index in [4.69, 9.17) is 16.9 Å². The van der Waals surface area contributed by atoms with Crippen LogP contribution in [0.5, 0.6) is 0 Å². The average Bonchev–Trinajstić information content (AvgIpc) is 3.23. The molecular formula is C43H55ClN7O5Os-3. The predicted octanol–water partition coefficient (Wildman–Crippen LogP) is 4.63. The number of nitrogens with zero attached hydrogens (tertiary/aromatic N) is 5. The fraction of sp³-hybridized carbons (Fsp3) is 0.395. The summed E-state index contributed by atoms with van der Waals surface area (Å²) in [6.07, 6.45) is 4.46. The molecule has 2 N–H and O–H groups in total. The first kappa shape index (κ1) is 50.7. The van der Waals surface area contributed by atoms with Gasteiger partial charge in [0.15, 0.2) is 6.29 Å². The van der Waals surface area contributed by atoms with Crippen molar-refractivity contribution < 1.29 is 43.8 Å². The van der Waals surface area contributed by atoms with Crippen molar-refractivity contribution >= 4 is 48.0 Å². The number of anilines is 1. The Labute approximate surface area is 356 Å². The first-order chi connectivity index (χ1) is 27.0. The van der Waals surface area contributed by atoms with Crippen LogP contribution in [0.1, 0.15) is 62.3 Å². The number of piperazine rings is 1. The van der Waals surface area contributed by atoms with Crippen molar-refractivity contribution in [3.63, 3.8) is 0 Å². The Morgan fingerprint density at radius 3 is 2.09 bits per heavy atom. The smallest absolute Gasteiger partial charge is 0.255 e. The van der Waals surface area contributed by atoms with E-state index in [1.165, 1.54) is 49.9 Å². The van der Waals surface area contributed by atoms with Gasteiger partial charge in [-0.3, -0.25) is 24.1 Å². The molecular weight excluding hydrogens is 920 g/mol. The zero-order valence-electron chi connectivity index (χ0n) is 33.3. The third-order valence-electron chi connectivity index (χ3n) is 9.52. The van der Waals surface area contributed by atoms with E-state index in [-0.39, 0.29) is 49.7 Å². The van der Waals surface area contributed by atoms with Crippen molar-refractivity contribution in [2.75, 3.05) is 72.4 Å². The Morgan fingerprint density at radius 1 is 1.00 bits per heavy atom. The quantitative estimate of drug-likeness (QED) is 0.184. The number of hydrogen-bond acceptors (Lipinski definition) is 10. The predicted molar refractivity (Wildman–Crippen MR) is 222 cm³/mol. The van der Waals surface area contributed by atoms with Crippen molar-refractivity contribution in [3.8, 4) is 6.07 Å². The molecule has 3 aromatic carbocycles. The number of carbonyl (C=O) groups excluding carboxylic acids is 5. The van der Waals surface area contributed by atoms with Crippen LogP contribution in [0.4, 0.5) is 5.69 Å². The van der Waals surface area contributed by atoms with Gasteiger partial charge in [-0.15, -0.1) is 0 Å².